The van der Waals surface area contributed by atoms with E-state index >= 15 is 0 Å². The molecule has 1 amide bonds. The lowest BCUT2D eigenvalue weighted by Gasteiger charge is -2.13. The standard InChI is InChI=1S/C16H17NO6/c1-20-11-6-4-10(5-7-11)12-8-9-13(23-12)14(15(18)21-2)17-16(19)22-3/h4-9,14H,1-3H3,(H,17,19). The van der Waals surface area contributed by atoms with E-state index in [1.54, 1.807) is 31.4 Å². The summed E-state index contributed by atoms with van der Waals surface area (Å²) in [6.45, 7) is 0. The summed E-state index contributed by atoms with van der Waals surface area (Å²) in [4.78, 5) is 23.2. The molecule has 0 spiro atoms. The summed E-state index contributed by atoms with van der Waals surface area (Å²) in [5.41, 5.74) is 0.804. The van der Waals surface area contributed by atoms with Crippen LogP contribution in [0, 0.1) is 0 Å². The second-order valence-corrected chi connectivity index (χ2v) is 4.52. The fourth-order valence-electron chi connectivity index (χ4n) is 1.96. The maximum atomic E-state index is 11.8. The molecular weight excluding hydrogens is 302 g/mol. The molecule has 1 N–H and O–H groups in total. The number of ether oxygens (including phenoxy) is 3. The first-order valence-corrected chi connectivity index (χ1v) is 6.75. The predicted octanol–water partition coefficient (Wildman–Crippen LogP) is 2.53. The minimum atomic E-state index is -1.08. The average molecular weight is 319 g/mol. The van der Waals surface area contributed by atoms with E-state index in [1.807, 2.05) is 12.1 Å². The smallest absolute Gasteiger partial charge is 0.407 e. The highest BCUT2D eigenvalue weighted by atomic mass is 16.5. The highest BCUT2D eigenvalue weighted by Crippen LogP contribution is 2.27. The van der Waals surface area contributed by atoms with Crippen molar-refractivity contribution >= 4 is 12.1 Å². The Balaban J connectivity index is 2.26. The van der Waals surface area contributed by atoms with Gasteiger partial charge in [0, 0.05) is 5.56 Å². The number of nitrogens with one attached hydrogen (secondary N) is 1. The molecule has 0 saturated heterocycles. The normalized spacial score (nSPS) is 11.4. The van der Waals surface area contributed by atoms with Gasteiger partial charge in [0.1, 0.15) is 17.3 Å². The van der Waals surface area contributed by atoms with Crippen LogP contribution < -0.4 is 10.1 Å². The van der Waals surface area contributed by atoms with Crippen molar-refractivity contribution in [3.63, 3.8) is 0 Å². The molecule has 23 heavy (non-hydrogen) atoms. The van der Waals surface area contributed by atoms with Crippen LogP contribution in [0.2, 0.25) is 0 Å². The molecular formula is C16H17NO6. The van der Waals surface area contributed by atoms with E-state index in [1.165, 1.54) is 14.2 Å². The number of carbonyl (C=O) groups is 2. The van der Waals surface area contributed by atoms with E-state index in [9.17, 15) is 9.59 Å². The molecule has 122 valence electrons. The maximum Gasteiger partial charge on any atom is 0.407 e. The number of methoxy groups -OCH3 is 3. The first-order chi connectivity index (χ1) is 11.1. The number of hydrogen-bond donors (Lipinski definition) is 1. The topological polar surface area (TPSA) is 87.0 Å². The Morgan fingerprint density at radius 3 is 2.26 bits per heavy atom. The Labute approximate surface area is 133 Å². The number of alkyl carbamates (subject to hydrolysis) is 1. The van der Waals surface area contributed by atoms with Crippen LogP contribution in [0.3, 0.4) is 0 Å². The molecule has 0 bridgehead atoms. The highest BCUT2D eigenvalue weighted by molar-refractivity contribution is 5.82. The SMILES string of the molecule is COC(=O)NC(C(=O)OC)c1ccc(-c2ccc(OC)cc2)o1. The zero-order valence-electron chi connectivity index (χ0n) is 13.0. The third kappa shape index (κ3) is 3.82. The number of benzene rings is 1. The highest BCUT2D eigenvalue weighted by Gasteiger charge is 2.27. The molecule has 1 aromatic carbocycles. The fourth-order valence-corrected chi connectivity index (χ4v) is 1.96. The first-order valence-electron chi connectivity index (χ1n) is 6.75. The number of amides is 1. The van der Waals surface area contributed by atoms with Gasteiger partial charge in [0.25, 0.3) is 0 Å². The van der Waals surface area contributed by atoms with Gasteiger partial charge in [-0.05, 0) is 36.4 Å². The van der Waals surface area contributed by atoms with E-state index < -0.39 is 18.1 Å². The second kappa shape index (κ2) is 7.35. The fraction of sp³-hybridized carbons (Fsp3) is 0.250. The van der Waals surface area contributed by atoms with Crippen LogP contribution in [0.1, 0.15) is 11.8 Å². The molecule has 0 radical (unpaired) electrons. The Morgan fingerprint density at radius 2 is 1.70 bits per heavy atom. The van der Waals surface area contributed by atoms with Crippen LogP contribution >= 0.6 is 0 Å². The molecule has 2 rings (SSSR count). The molecule has 1 atom stereocenters. The molecule has 1 aromatic heterocycles. The maximum absolute atomic E-state index is 11.8. The minimum absolute atomic E-state index is 0.244. The van der Waals surface area contributed by atoms with Gasteiger partial charge in [-0.2, -0.15) is 0 Å². The summed E-state index contributed by atoms with van der Waals surface area (Å²) >= 11 is 0. The zero-order chi connectivity index (χ0) is 16.8. The van der Waals surface area contributed by atoms with Gasteiger partial charge in [0.15, 0.2) is 6.04 Å². The molecule has 0 saturated carbocycles. The molecule has 0 fully saturated rings. The largest absolute Gasteiger partial charge is 0.497 e. The van der Waals surface area contributed by atoms with Gasteiger partial charge in [0.2, 0.25) is 0 Å². The van der Waals surface area contributed by atoms with Gasteiger partial charge in [0.05, 0.1) is 21.3 Å². The number of furan rings is 1. The molecule has 0 aliphatic carbocycles. The Morgan fingerprint density at radius 1 is 1.00 bits per heavy atom. The van der Waals surface area contributed by atoms with Crippen LogP contribution in [-0.4, -0.2) is 33.4 Å². The van der Waals surface area contributed by atoms with Crippen molar-refractivity contribution in [2.75, 3.05) is 21.3 Å². The Bertz CT molecular complexity index is 676. The van der Waals surface area contributed by atoms with Gasteiger partial charge in [-0.25, -0.2) is 9.59 Å². The number of rotatable bonds is 5. The van der Waals surface area contributed by atoms with Crippen molar-refractivity contribution in [3.8, 4) is 17.1 Å². The molecule has 0 aliphatic rings. The van der Waals surface area contributed by atoms with Gasteiger partial charge < -0.3 is 23.9 Å². The van der Waals surface area contributed by atoms with Crippen molar-refractivity contribution in [1.29, 1.82) is 0 Å². The van der Waals surface area contributed by atoms with Crippen LogP contribution in [0.4, 0.5) is 4.79 Å². The van der Waals surface area contributed by atoms with E-state index in [0.29, 0.717) is 5.76 Å². The van der Waals surface area contributed by atoms with Crippen molar-refractivity contribution < 1.29 is 28.2 Å². The van der Waals surface area contributed by atoms with Gasteiger partial charge in [-0.3, -0.25) is 0 Å². The van der Waals surface area contributed by atoms with E-state index in [2.05, 4.69) is 14.8 Å². The lowest BCUT2D eigenvalue weighted by Crippen LogP contribution is -2.34. The van der Waals surface area contributed by atoms with E-state index in [4.69, 9.17) is 9.15 Å². The third-order valence-electron chi connectivity index (χ3n) is 3.17. The van der Waals surface area contributed by atoms with Gasteiger partial charge >= 0.3 is 12.1 Å². The summed E-state index contributed by atoms with van der Waals surface area (Å²) in [5, 5.41) is 2.37. The molecule has 1 heterocycles. The van der Waals surface area contributed by atoms with Gasteiger partial charge in [-0.1, -0.05) is 0 Å². The first kappa shape index (κ1) is 16.4. The van der Waals surface area contributed by atoms with Crippen molar-refractivity contribution in [2.24, 2.45) is 0 Å². The van der Waals surface area contributed by atoms with Crippen LogP contribution in [0.25, 0.3) is 11.3 Å². The number of carbonyl (C=O) groups excluding carboxylic acids is 2. The third-order valence-corrected chi connectivity index (χ3v) is 3.17. The Kier molecular flexibility index (Phi) is 5.24. The van der Waals surface area contributed by atoms with Crippen molar-refractivity contribution in [1.82, 2.24) is 5.32 Å². The lowest BCUT2D eigenvalue weighted by molar-refractivity contribution is -0.143. The molecule has 0 aliphatic heterocycles. The summed E-state index contributed by atoms with van der Waals surface area (Å²) in [6, 6.07) is 9.44. The number of esters is 1. The van der Waals surface area contributed by atoms with Gasteiger partial charge in [-0.15, -0.1) is 0 Å². The van der Waals surface area contributed by atoms with Crippen LogP contribution in [-0.2, 0) is 14.3 Å². The second-order valence-electron chi connectivity index (χ2n) is 4.52. The number of hydrogen-bond acceptors (Lipinski definition) is 6. The van der Waals surface area contributed by atoms with Crippen molar-refractivity contribution in [2.45, 2.75) is 6.04 Å². The summed E-state index contributed by atoms with van der Waals surface area (Å²) < 4.78 is 19.9. The molecule has 1 unspecified atom stereocenters. The monoisotopic (exact) mass is 319 g/mol. The van der Waals surface area contributed by atoms with E-state index in [-0.39, 0.29) is 5.76 Å². The predicted molar refractivity (Wildman–Crippen MR) is 81.0 cm³/mol. The quantitative estimate of drug-likeness (QED) is 0.852. The van der Waals surface area contributed by atoms with Crippen LogP contribution in [0.5, 0.6) is 5.75 Å². The van der Waals surface area contributed by atoms with Crippen molar-refractivity contribution in [3.05, 3.63) is 42.2 Å². The average Bonchev–Trinajstić information content (AvgIpc) is 3.08. The molecule has 7 heteroatoms. The lowest BCUT2D eigenvalue weighted by atomic mass is 10.2. The summed E-state index contributed by atoms with van der Waals surface area (Å²) in [5.74, 6) is 0.850. The molecule has 7 nitrogen and oxygen atoms in total. The van der Waals surface area contributed by atoms with E-state index in [0.717, 1.165) is 11.3 Å². The minimum Gasteiger partial charge on any atom is -0.497 e. The Hall–Kier alpha value is -2.96. The summed E-state index contributed by atoms with van der Waals surface area (Å²) in [7, 11) is 4.01. The zero-order valence-corrected chi connectivity index (χ0v) is 13.0. The summed E-state index contributed by atoms with van der Waals surface area (Å²) in [6.07, 6.45) is -0.761. The molecule has 2 aromatic rings. The van der Waals surface area contributed by atoms with Crippen LogP contribution in [0.15, 0.2) is 40.8 Å².